The zero-order chi connectivity index (χ0) is 11.4. The first-order chi connectivity index (χ1) is 7.10. The van der Waals surface area contributed by atoms with E-state index in [0.717, 1.165) is 5.56 Å². The molecule has 3 nitrogen and oxygen atoms in total. The van der Waals surface area contributed by atoms with Crippen molar-refractivity contribution >= 4 is 17.6 Å². The highest BCUT2D eigenvalue weighted by molar-refractivity contribution is 6.17. The SMILES string of the molecule is Cc1c(C#N)ccc(CCl)c1CC(=O)O. The second kappa shape index (κ2) is 4.81. The number of carboxylic acids is 1. The molecule has 1 aromatic rings. The van der Waals surface area contributed by atoms with E-state index in [9.17, 15) is 4.79 Å². The summed E-state index contributed by atoms with van der Waals surface area (Å²) < 4.78 is 0. The van der Waals surface area contributed by atoms with Crippen molar-refractivity contribution in [1.29, 1.82) is 5.26 Å². The van der Waals surface area contributed by atoms with E-state index in [2.05, 4.69) is 0 Å². The lowest BCUT2D eigenvalue weighted by atomic mass is 9.96. The van der Waals surface area contributed by atoms with E-state index in [1.54, 1.807) is 19.1 Å². The van der Waals surface area contributed by atoms with E-state index in [0.29, 0.717) is 16.7 Å². The molecule has 0 unspecified atom stereocenters. The first-order valence-electron chi connectivity index (χ1n) is 4.39. The van der Waals surface area contributed by atoms with Crippen LogP contribution < -0.4 is 0 Å². The second-order valence-electron chi connectivity index (χ2n) is 3.19. The quantitative estimate of drug-likeness (QED) is 0.800. The predicted molar refractivity (Wildman–Crippen MR) is 56.8 cm³/mol. The third kappa shape index (κ3) is 2.48. The Bertz CT molecular complexity index is 435. The lowest BCUT2D eigenvalue weighted by Gasteiger charge is -2.09. The fraction of sp³-hybridized carbons (Fsp3) is 0.273. The molecule has 0 saturated carbocycles. The molecular weight excluding hydrogens is 214 g/mol. The van der Waals surface area contributed by atoms with Crippen LogP contribution in [0.15, 0.2) is 12.1 Å². The smallest absolute Gasteiger partial charge is 0.307 e. The average Bonchev–Trinajstić information content (AvgIpc) is 2.20. The maximum absolute atomic E-state index is 10.7. The molecule has 0 aliphatic heterocycles. The molecule has 0 aliphatic carbocycles. The fourth-order valence-corrected chi connectivity index (χ4v) is 1.71. The van der Waals surface area contributed by atoms with E-state index in [1.165, 1.54) is 0 Å². The Labute approximate surface area is 92.9 Å². The molecule has 0 saturated heterocycles. The van der Waals surface area contributed by atoms with Crippen molar-refractivity contribution < 1.29 is 9.90 Å². The van der Waals surface area contributed by atoms with Crippen molar-refractivity contribution in [1.82, 2.24) is 0 Å². The number of hydrogen-bond acceptors (Lipinski definition) is 2. The highest BCUT2D eigenvalue weighted by Gasteiger charge is 2.12. The Balaban J connectivity index is 3.30. The molecule has 4 heteroatoms. The Morgan fingerprint density at radius 1 is 1.60 bits per heavy atom. The number of nitriles is 1. The van der Waals surface area contributed by atoms with Gasteiger partial charge in [0.25, 0.3) is 0 Å². The molecule has 0 heterocycles. The Hall–Kier alpha value is -1.53. The van der Waals surface area contributed by atoms with E-state index < -0.39 is 5.97 Å². The molecule has 0 fully saturated rings. The van der Waals surface area contributed by atoms with Crippen molar-refractivity contribution in [3.8, 4) is 6.07 Å². The summed E-state index contributed by atoms with van der Waals surface area (Å²) in [6, 6.07) is 5.39. The molecule has 1 aromatic carbocycles. The number of aliphatic carboxylic acids is 1. The van der Waals surface area contributed by atoms with Crippen LogP contribution >= 0.6 is 11.6 Å². The summed E-state index contributed by atoms with van der Waals surface area (Å²) >= 11 is 5.71. The lowest BCUT2D eigenvalue weighted by Crippen LogP contribution is -2.06. The Kier molecular flexibility index (Phi) is 3.70. The molecule has 0 spiro atoms. The molecule has 78 valence electrons. The van der Waals surface area contributed by atoms with Crippen molar-refractivity contribution in [3.63, 3.8) is 0 Å². The number of carbonyl (C=O) groups is 1. The number of rotatable bonds is 3. The summed E-state index contributed by atoms with van der Waals surface area (Å²) in [5.74, 6) is -0.658. The van der Waals surface area contributed by atoms with Gasteiger partial charge in [-0.2, -0.15) is 5.26 Å². The van der Waals surface area contributed by atoms with Gasteiger partial charge in [0.1, 0.15) is 0 Å². The van der Waals surface area contributed by atoms with Gasteiger partial charge >= 0.3 is 5.97 Å². The summed E-state index contributed by atoms with van der Waals surface area (Å²) in [5.41, 5.74) is 2.63. The Morgan fingerprint density at radius 2 is 2.27 bits per heavy atom. The third-order valence-electron chi connectivity index (χ3n) is 2.29. The van der Waals surface area contributed by atoms with Crippen LogP contribution in [0.2, 0.25) is 0 Å². The third-order valence-corrected chi connectivity index (χ3v) is 2.58. The average molecular weight is 224 g/mol. The van der Waals surface area contributed by atoms with Gasteiger partial charge in [-0.15, -0.1) is 11.6 Å². The molecule has 15 heavy (non-hydrogen) atoms. The van der Waals surface area contributed by atoms with Crippen LogP contribution in [0, 0.1) is 18.3 Å². The topological polar surface area (TPSA) is 61.1 Å². The summed E-state index contributed by atoms with van der Waals surface area (Å²) in [4.78, 5) is 10.7. The highest BCUT2D eigenvalue weighted by Crippen LogP contribution is 2.20. The maximum Gasteiger partial charge on any atom is 0.307 e. The van der Waals surface area contributed by atoms with E-state index in [-0.39, 0.29) is 12.3 Å². The van der Waals surface area contributed by atoms with E-state index in [1.807, 2.05) is 6.07 Å². The van der Waals surface area contributed by atoms with Crippen molar-refractivity contribution in [3.05, 3.63) is 34.4 Å². The fourth-order valence-electron chi connectivity index (χ4n) is 1.46. The zero-order valence-electron chi connectivity index (χ0n) is 8.25. The number of carboxylic acid groups (broad SMARTS) is 1. The van der Waals surface area contributed by atoms with Gasteiger partial charge in [0.05, 0.1) is 18.1 Å². The van der Waals surface area contributed by atoms with Crippen LogP contribution in [0.25, 0.3) is 0 Å². The van der Waals surface area contributed by atoms with Gasteiger partial charge in [-0.05, 0) is 29.7 Å². The Morgan fingerprint density at radius 3 is 2.73 bits per heavy atom. The monoisotopic (exact) mass is 223 g/mol. The molecule has 0 aliphatic rings. The van der Waals surface area contributed by atoms with Crippen molar-refractivity contribution in [2.45, 2.75) is 19.2 Å². The number of benzene rings is 1. The standard InChI is InChI=1S/C11H10ClNO2/c1-7-9(6-13)3-2-8(5-12)10(7)4-11(14)15/h2-3H,4-5H2,1H3,(H,14,15). The van der Waals surface area contributed by atoms with Crippen LogP contribution in [0.5, 0.6) is 0 Å². The first-order valence-corrected chi connectivity index (χ1v) is 4.92. The summed E-state index contributed by atoms with van der Waals surface area (Å²) in [5, 5.41) is 17.6. The summed E-state index contributed by atoms with van der Waals surface area (Å²) in [7, 11) is 0. The maximum atomic E-state index is 10.7. The van der Waals surface area contributed by atoms with Crippen LogP contribution in [0.3, 0.4) is 0 Å². The van der Waals surface area contributed by atoms with Gasteiger partial charge in [-0.1, -0.05) is 6.07 Å². The van der Waals surface area contributed by atoms with Gasteiger partial charge in [0.2, 0.25) is 0 Å². The molecule has 0 bridgehead atoms. The minimum absolute atomic E-state index is 0.0938. The van der Waals surface area contributed by atoms with E-state index >= 15 is 0 Å². The predicted octanol–water partition coefficient (Wildman–Crippen LogP) is 2.23. The van der Waals surface area contributed by atoms with Crippen LogP contribution in [-0.2, 0) is 17.1 Å². The lowest BCUT2D eigenvalue weighted by molar-refractivity contribution is -0.136. The van der Waals surface area contributed by atoms with Gasteiger partial charge in [0, 0.05) is 5.88 Å². The summed E-state index contributed by atoms with van der Waals surface area (Å²) in [6.07, 6.45) is -0.0938. The molecule has 0 radical (unpaired) electrons. The van der Waals surface area contributed by atoms with Crippen LogP contribution in [-0.4, -0.2) is 11.1 Å². The molecule has 0 amide bonds. The second-order valence-corrected chi connectivity index (χ2v) is 3.46. The number of halogens is 1. The van der Waals surface area contributed by atoms with E-state index in [4.69, 9.17) is 22.0 Å². The molecule has 0 atom stereocenters. The zero-order valence-corrected chi connectivity index (χ0v) is 9.01. The molecular formula is C11H10ClNO2. The molecule has 0 aromatic heterocycles. The van der Waals surface area contributed by atoms with Crippen LogP contribution in [0.4, 0.5) is 0 Å². The molecule has 1 N–H and O–H groups in total. The van der Waals surface area contributed by atoms with Crippen molar-refractivity contribution in [2.75, 3.05) is 0 Å². The minimum Gasteiger partial charge on any atom is -0.481 e. The number of hydrogen-bond donors (Lipinski definition) is 1. The summed E-state index contributed by atoms with van der Waals surface area (Å²) in [6.45, 7) is 1.74. The van der Waals surface area contributed by atoms with Gasteiger partial charge in [-0.25, -0.2) is 0 Å². The van der Waals surface area contributed by atoms with Gasteiger partial charge < -0.3 is 5.11 Å². The number of nitrogens with zero attached hydrogens (tertiary/aromatic N) is 1. The molecule has 1 rings (SSSR count). The van der Waals surface area contributed by atoms with Crippen LogP contribution in [0.1, 0.15) is 22.3 Å². The number of alkyl halides is 1. The minimum atomic E-state index is -0.917. The van der Waals surface area contributed by atoms with Gasteiger partial charge in [-0.3, -0.25) is 4.79 Å². The largest absolute Gasteiger partial charge is 0.481 e. The van der Waals surface area contributed by atoms with Gasteiger partial charge in [0.15, 0.2) is 0 Å². The highest BCUT2D eigenvalue weighted by atomic mass is 35.5. The first kappa shape index (κ1) is 11.5. The normalized spacial score (nSPS) is 9.67. The van der Waals surface area contributed by atoms with Crippen molar-refractivity contribution in [2.24, 2.45) is 0 Å².